The zero-order valence-electron chi connectivity index (χ0n) is 12.2. The average molecular weight is 301 g/mol. The molecule has 6 nitrogen and oxygen atoms in total. The van der Waals surface area contributed by atoms with E-state index < -0.39 is 12.0 Å². The number of carbonyl (C=O) groups is 1. The largest absolute Gasteiger partial charge is 0.383 e. The number of H-pyrrole nitrogens is 1. The molecule has 2 aromatic rings. The fourth-order valence-electron chi connectivity index (χ4n) is 2.49. The smallest absolute Gasteiger partial charge is 0.254 e. The first-order chi connectivity index (χ1) is 10.7. The summed E-state index contributed by atoms with van der Waals surface area (Å²) in [6.07, 6.45) is 0.724. The molecule has 1 aromatic heterocycles. The average Bonchev–Trinajstić information content (AvgIpc) is 2.97. The van der Waals surface area contributed by atoms with Gasteiger partial charge in [0.15, 0.2) is 5.82 Å². The molecule has 0 radical (unpaired) electrons. The van der Waals surface area contributed by atoms with Crippen molar-refractivity contribution in [3.8, 4) is 0 Å². The molecule has 116 valence electrons. The number of nitrogens with zero attached hydrogens (tertiary/aromatic N) is 1. The number of benzene rings is 1. The Kier molecular flexibility index (Phi) is 4.50. The number of aromatic amines is 1. The molecule has 1 atom stereocenters. The second kappa shape index (κ2) is 6.72. The van der Waals surface area contributed by atoms with Gasteiger partial charge in [-0.2, -0.15) is 5.10 Å². The standard InChI is InChI=1S/C16H19N3O3/c20-14(7-6-11-4-2-1-3-5-11)16(21)17-15-12-10-22-9-8-13(12)18-19-15/h1-5,14,20H,6-10H2,(H2,17,18,19,21). The number of nitrogens with one attached hydrogen (secondary N) is 2. The van der Waals surface area contributed by atoms with Crippen LogP contribution in [-0.4, -0.2) is 33.9 Å². The number of aryl methyl sites for hydroxylation is 1. The summed E-state index contributed by atoms with van der Waals surface area (Å²) in [6, 6.07) is 9.78. The summed E-state index contributed by atoms with van der Waals surface area (Å²) in [6.45, 7) is 1.09. The van der Waals surface area contributed by atoms with Gasteiger partial charge >= 0.3 is 0 Å². The summed E-state index contributed by atoms with van der Waals surface area (Å²) in [5.74, 6) is 0.0225. The minimum Gasteiger partial charge on any atom is -0.383 e. The SMILES string of the molecule is O=C(Nc1n[nH]c2c1COCC2)C(O)CCc1ccccc1. The third-order valence-corrected chi connectivity index (χ3v) is 3.79. The molecule has 0 saturated carbocycles. The van der Waals surface area contributed by atoms with E-state index in [4.69, 9.17) is 4.74 Å². The highest BCUT2D eigenvalue weighted by Gasteiger charge is 2.21. The second-order valence-electron chi connectivity index (χ2n) is 5.36. The minimum absolute atomic E-state index is 0.374. The fraction of sp³-hybridized carbons (Fsp3) is 0.375. The molecular formula is C16H19N3O3. The summed E-state index contributed by atoms with van der Waals surface area (Å²) in [5.41, 5.74) is 2.95. The molecule has 3 rings (SSSR count). The van der Waals surface area contributed by atoms with Crippen LogP contribution in [0.5, 0.6) is 0 Å². The first-order valence-electron chi connectivity index (χ1n) is 7.41. The van der Waals surface area contributed by atoms with Gasteiger partial charge in [-0.25, -0.2) is 0 Å². The Morgan fingerprint density at radius 2 is 2.23 bits per heavy atom. The quantitative estimate of drug-likeness (QED) is 0.779. The van der Waals surface area contributed by atoms with Crippen LogP contribution < -0.4 is 5.32 Å². The molecule has 0 spiro atoms. The monoisotopic (exact) mass is 301 g/mol. The number of anilines is 1. The van der Waals surface area contributed by atoms with E-state index in [1.54, 1.807) is 0 Å². The lowest BCUT2D eigenvalue weighted by Gasteiger charge is -2.14. The van der Waals surface area contributed by atoms with Gasteiger partial charge in [-0.3, -0.25) is 9.89 Å². The van der Waals surface area contributed by atoms with Crippen molar-refractivity contribution in [1.82, 2.24) is 10.2 Å². The van der Waals surface area contributed by atoms with Gasteiger partial charge in [0.1, 0.15) is 6.10 Å². The Morgan fingerprint density at radius 3 is 3.05 bits per heavy atom. The molecular weight excluding hydrogens is 282 g/mol. The number of aliphatic hydroxyl groups excluding tert-OH is 1. The molecule has 1 aliphatic rings. The Bertz CT molecular complexity index is 639. The number of hydrogen-bond donors (Lipinski definition) is 3. The van der Waals surface area contributed by atoms with E-state index >= 15 is 0 Å². The van der Waals surface area contributed by atoms with E-state index in [0.29, 0.717) is 31.9 Å². The van der Waals surface area contributed by atoms with Crippen LogP contribution in [0.25, 0.3) is 0 Å². The number of carbonyl (C=O) groups excluding carboxylic acids is 1. The van der Waals surface area contributed by atoms with Crippen LogP contribution in [-0.2, 0) is 29.0 Å². The van der Waals surface area contributed by atoms with Crippen molar-refractivity contribution in [2.75, 3.05) is 11.9 Å². The predicted octanol–water partition coefficient (Wildman–Crippen LogP) is 1.41. The normalized spacial score (nSPS) is 15.1. The first kappa shape index (κ1) is 14.7. The van der Waals surface area contributed by atoms with Crippen molar-refractivity contribution in [3.05, 3.63) is 47.2 Å². The Morgan fingerprint density at radius 1 is 1.41 bits per heavy atom. The van der Waals surface area contributed by atoms with E-state index in [0.717, 1.165) is 23.2 Å². The molecule has 1 aliphatic heterocycles. The van der Waals surface area contributed by atoms with Gasteiger partial charge in [0.2, 0.25) is 0 Å². The van der Waals surface area contributed by atoms with Crippen LogP contribution >= 0.6 is 0 Å². The number of fused-ring (bicyclic) bond motifs is 1. The van der Waals surface area contributed by atoms with Crippen molar-refractivity contribution in [2.24, 2.45) is 0 Å². The highest BCUT2D eigenvalue weighted by molar-refractivity contribution is 5.93. The second-order valence-corrected chi connectivity index (χ2v) is 5.36. The van der Waals surface area contributed by atoms with Crippen LogP contribution in [0.3, 0.4) is 0 Å². The van der Waals surface area contributed by atoms with Crippen molar-refractivity contribution >= 4 is 11.7 Å². The van der Waals surface area contributed by atoms with Crippen molar-refractivity contribution in [1.29, 1.82) is 0 Å². The van der Waals surface area contributed by atoms with Gasteiger partial charge in [0, 0.05) is 17.7 Å². The maximum absolute atomic E-state index is 12.1. The van der Waals surface area contributed by atoms with Gasteiger partial charge in [0.25, 0.3) is 5.91 Å². The van der Waals surface area contributed by atoms with Crippen molar-refractivity contribution < 1.29 is 14.6 Å². The molecule has 6 heteroatoms. The van der Waals surface area contributed by atoms with Crippen LogP contribution in [0.1, 0.15) is 23.2 Å². The number of rotatable bonds is 5. The van der Waals surface area contributed by atoms with Gasteiger partial charge in [-0.05, 0) is 18.4 Å². The lowest BCUT2D eigenvalue weighted by atomic mass is 10.1. The first-order valence-corrected chi connectivity index (χ1v) is 7.41. The van der Waals surface area contributed by atoms with Crippen molar-refractivity contribution in [3.63, 3.8) is 0 Å². The number of ether oxygens (including phenoxy) is 1. The van der Waals surface area contributed by atoms with E-state index in [1.165, 1.54) is 0 Å². The van der Waals surface area contributed by atoms with Crippen LogP contribution in [0, 0.1) is 0 Å². The third-order valence-electron chi connectivity index (χ3n) is 3.79. The van der Waals surface area contributed by atoms with Crippen molar-refractivity contribution in [2.45, 2.75) is 32.0 Å². The fourth-order valence-corrected chi connectivity index (χ4v) is 2.49. The number of amides is 1. The van der Waals surface area contributed by atoms with Crippen LogP contribution in [0.2, 0.25) is 0 Å². The topological polar surface area (TPSA) is 87.2 Å². The Balaban J connectivity index is 1.56. The molecule has 1 unspecified atom stereocenters. The van der Waals surface area contributed by atoms with E-state index in [2.05, 4.69) is 15.5 Å². The summed E-state index contributed by atoms with van der Waals surface area (Å²) >= 11 is 0. The predicted molar refractivity (Wildman–Crippen MR) is 81.3 cm³/mol. The summed E-state index contributed by atoms with van der Waals surface area (Å²) < 4.78 is 5.37. The van der Waals surface area contributed by atoms with Gasteiger partial charge < -0.3 is 15.2 Å². The van der Waals surface area contributed by atoms with Crippen LogP contribution in [0.15, 0.2) is 30.3 Å². The lowest BCUT2D eigenvalue weighted by molar-refractivity contribution is -0.124. The maximum Gasteiger partial charge on any atom is 0.254 e. The van der Waals surface area contributed by atoms with Gasteiger partial charge in [-0.1, -0.05) is 30.3 Å². The maximum atomic E-state index is 12.1. The zero-order valence-corrected chi connectivity index (χ0v) is 12.2. The highest BCUT2D eigenvalue weighted by Crippen LogP contribution is 2.22. The summed E-state index contributed by atoms with van der Waals surface area (Å²) in [7, 11) is 0. The van der Waals surface area contributed by atoms with Crippen LogP contribution in [0.4, 0.5) is 5.82 Å². The lowest BCUT2D eigenvalue weighted by Crippen LogP contribution is -2.28. The van der Waals surface area contributed by atoms with Gasteiger partial charge in [0.05, 0.1) is 13.2 Å². The minimum atomic E-state index is -1.06. The molecule has 1 aromatic carbocycles. The zero-order chi connectivity index (χ0) is 15.4. The molecule has 0 fully saturated rings. The Labute approximate surface area is 128 Å². The van der Waals surface area contributed by atoms with E-state index in [-0.39, 0.29) is 0 Å². The highest BCUT2D eigenvalue weighted by atomic mass is 16.5. The number of aromatic nitrogens is 2. The van der Waals surface area contributed by atoms with E-state index in [1.807, 2.05) is 30.3 Å². The molecule has 2 heterocycles. The third kappa shape index (κ3) is 3.35. The Hall–Kier alpha value is -2.18. The summed E-state index contributed by atoms with van der Waals surface area (Å²) in [4.78, 5) is 12.1. The summed E-state index contributed by atoms with van der Waals surface area (Å²) in [5, 5.41) is 19.7. The molecule has 3 N–H and O–H groups in total. The number of aliphatic hydroxyl groups is 1. The van der Waals surface area contributed by atoms with Gasteiger partial charge in [-0.15, -0.1) is 0 Å². The molecule has 0 aliphatic carbocycles. The molecule has 0 bridgehead atoms. The van der Waals surface area contributed by atoms with E-state index in [9.17, 15) is 9.90 Å². The molecule has 22 heavy (non-hydrogen) atoms. The number of hydrogen-bond acceptors (Lipinski definition) is 4. The molecule has 0 saturated heterocycles. The molecule has 1 amide bonds.